The van der Waals surface area contributed by atoms with E-state index in [-0.39, 0.29) is 41.2 Å². The van der Waals surface area contributed by atoms with E-state index in [0.717, 1.165) is 11.4 Å². The number of ether oxygens (including phenoxy) is 1. The Kier molecular flexibility index (Phi) is 4.79. The first-order chi connectivity index (χ1) is 13.3. The van der Waals surface area contributed by atoms with Crippen LogP contribution in [0.15, 0.2) is 33.9 Å². The zero-order chi connectivity index (χ0) is 20.2. The molecular formula is C19H16BrClN2O5. The predicted molar refractivity (Wildman–Crippen MR) is 104 cm³/mol. The van der Waals surface area contributed by atoms with Gasteiger partial charge in [-0.05, 0) is 53.2 Å². The maximum absolute atomic E-state index is 12.7. The summed E-state index contributed by atoms with van der Waals surface area (Å²) in [6.45, 7) is 1.39. The first-order valence-electron chi connectivity index (χ1n) is 8.76. The van der Waals surface area contributed by atoms with Crippen LogP contribution in [0.4, 0.5) is 0 Å². The van der Waals surface area contributed by atoms with Crippen LogP contribution in [-0.4, -0.2) is 40.2 Å². The van der Waals surface area contributed by atoms with Gasteiger partial charge in [-0.15, -0.1) is 0 Å². The van der Waals surface area contributed by atoms with Crippen LogP contribution in [0.1, 0.15) is 18.9 Å². The highest BCUT2D eigenvalue weighted by atomic mass is 79.9. The monoisotopic (exact) mass is 466 g/mol. The lowest BCUT2D eigenvalue weighted by molar-refractivity contribution is -0.144. The van der Waals surface area contributed by atoms with Gasteiger partial charge in [0.15, 0.2) is 6.10 Å². The first-order valence-corrected chi connectivity index (χ1v) is 9.93. The summed E-state index contributed by atoms with van der Waals surface area (Å²) in [4.78, 5) is 36.5. The molecule has 146 valence electrons. The van der Waals surface area contributed by atoms with Crippen molar-refractivity contribution in [3.05, 3.63) is 39.3 Å². The first kappa shape index (κ1) is 19.1. The van der Waals surface area contributed by atoms with Crippen molar-refractivity contribution in [3.63, 3.8) is 0 Å². The molecule has 9 heteroatoms. The number of carbonyl (C=O) groups excluding carboxylic acids is 2. The maximum atomic E-state index is 12.7. The number of carbonyl (C=O) groups is 3. The third-order valence-electron chi connectivity index (χ3n) is 5.44. The van der Waals surface area contributed by atoms with Gasteiger partial charge in [-0.2, -0.15) is 10.1 Å². The molecule has 2 fully saturated rings. The Morgan fingerprint density at radius 3 is 2.50 bits per heavy atom. The van der Waals surface area contributed by atoms with E-state index in [4.69, 9.17) is 21.4 Å². The van der Waals surface area contributed by atoms with Crippen molar-refractivity contribution in [1.29, 1.82) is 0 Å². The van der Waals surface area contributed by atoms with E-state index in [1.165, 1.54) is 19.2 Å². The van der Waals surface area contributed by atoms with Gasteiger partial charge >= 0.3 is 5.97 Å². The summed E-state index contributed by atoms with van der Waals surface area (Å²) >= 11 is 9.38. The molecule has 1 heterocycles. The predicted octanol–water partition coefficient (Wildman–Crippen LogP) is 3.10. The minimum absolute atomic E-state index is 0.0993. The number of carboxylic acid groups (broad SMARTS) is 1. The summed E-state index contributed by atoms with van der Waals surface area (Å²) in [5.41, 5.74) is 0.353. The standard InChI is InChI=1S/C19H16BrClN2O5/c1-8(19(26)27)28-16-11(5-12(21)6-13(16)20)7-22-23-17(24)14-9-2-3-10(4-9)15(14)18(23)25/h2-3,5-10,14-15H,4H2,1H3,(H,26,27)/t8-,9-,10-,14-,15+/m0/s1. The number of hydrogen-bond donors (Lipinski definition) is 1. The smallest absolute Gasteiger partial charge is 0.344 e. The van der Waals surface area contributed by atoms with E-state index in [2.05, 4.69) is 21.0 Å². The van der Waals surface area contributed by atoms with Crippen molar-refractivity contribution >= 4 is 51.5 Å². The van der Waals surface area contributed by atoms with Crippen LogP contribution >= 0.6 is 27.5 Å². The zero-order valence-corrected chi connectivity index (χ0v) is 17.1. The highest BCUT2D eigenvalue weighted by molar-refractivity contribution is 9.10. The fourth-order valence-electron chi connectivity index (χ4n) is 4.15. The van der Waals surface area contributed by atoms with Crippen molar-refractivity contribution in [2.24, 2.45) is 28.8 Å². The quantitative estimate of drug-likeness (QED) is 0.408. The van der Waals surface area contributed by atoms with Gasteiger partial charge in [0.2, 0.25) is 0 Å². The Hall–Kier alpha value is -2.19. The molecule has 2 bridgehead atoms. The number of nitrogens with zero attached hydrogens (tertiary/aromatic N) is 2. The molecule has 0 spiro atoms. The van der Waals surface area contributed by atoms with Gasteiger partial charge in [0.1, 0.15) is 5.75 Å². The molecule has 1 saturated heterocycles. The van der Waals surface area contributed by atoms with Gasteiger partial charge in [-0.25, -0.2) is 4.79 Å². The van der Waals surface area contributed by atoms with E-state index >= 15 is 0 Å². The molecule has 2 aliphatic carbocycles. The van der Waals surface area contributed by atoms with Crippen molar-refractivity contribution in [3.8, 4) is 5.75 Å². The molecule has 28 heavy (non-hydrogen) atoms. The van der Waals surface area contributed by atoms with E-state index in [1.807, 2.05) is 12.2 Å². The lowest BCUT2D eigenvalue weighted by Crippen LogP contribution is -2.28. The summed E-state index contributed by atoms with van der Waals surface area (Å²) < 4.78 is 5.92. The summed E-state index contributed by atoms with van der Waals surface area (Å²) in [5.74, 6) is -2.00. The largest absolute Gasteiger partial charge is 0.479 e. The number of aliphatic carboxylic acids is 1. The van der Waals surface area contributed by atoms with Gasteiger partial charge in [-0.3, -0.25) is 9.59 Å². The number of carboxylic acids is 1. The highest BCUT2D eigenvalue weighted by Crippen LogP contribution is 2.52. The van der Waals surface area contributed by atoms with Crippen molar-refractivity contribution in [2.75, 3.05) is 0 Å². The number of allylic oxidation sites excluding steroid dienone is 2. The third-order valence-corrected chi connectivity index (χ3v) is 6.25. The van der Waals surface area contributed by atoms with Gasteiger partial charge in [0.25, 0.3) is 11.8 Å². The molecule has 0 unspecified atom stereocenters. The molecule has 5 atom stereocenters. The number of imide groups is 1. The van der Waals surface area contributed by atoms with Crippen LogP contribution in [0.2, 0.25) is 5.02 Å². The normalized spacial score (nSPS) is 29.0. The topological polar surface area (TPSA) is 96.3 Å². The van der Waals surface area contributed by atoms with E-state index < -0.39 is 12.1 Å². The molecule has 3 aliphatic rings. The average molecular weight is 468 g/mol. The number of hydrogen-bond acceptors (Lipinski definition) is 5. The number of benzene rings is 1. The summed E-state index contributed by atoms with van der Waals surface area (Å²) in [6, 6.07) is 3.08. The van der Waals surface area contributed by atoms with Crippen molar-refractivity contribution < 1.29 is 24.2 Å². The number of fused-ring (bicyclic) bond motifs is 5. The molecule has 1 aliphatic heterocycles. The second kappa shape index (κ2) is 7.00. The molecule has 1 aromatic carbocycles. The molecule has 0 aromatic heterocycles. The van der Waals surface area contributed by atoms with Crippen LogP contribution in [0.5, 0.6) is 5.75 Å². The summed E-state index contributed by atoms with van der Waals surface area (Å²) in [5, 5.41) is 14.5. The summed E-state index contributed by atoms with van der Waals surface area (Å²) in [7, 11) is 0. The fraction of sp³-hybridized carbons (Fsp3) is 0.368. The number of halogens is 2. The van der Waals surface area contributed by atoms with Gasteiger partial charge in [-0.1, -0.05) is 23.8 Å². The van der Waals surface area contributed by atoms with Crippen LogP contribution < -0.4 is 4.74 Å². The fourth-order valence-corrected chi connectivity index (χ4v) is 5.08. The van der Waals surface area contributed by atoms with E-state index in [1.54, 1.807) is 6.07 Å². The van der Waals surface area contributed by atoms with Crippen LogP contribution in [0.25, 0.3) is 0 Å². The van der Waals surface area contributed by atoms with E-state index in [0.29, 0.717) is 15.1 Å². The molecular weight excluding hydrogens is 452 g/mol. The minimum atomic E-state index is -1.13. The Morgan fingerprint density at radius 1 is 1.32 bits per heavy atom. The van der Waals surface area contributed by atoms with Gasteiger partial charge < -0.3 is 9.84 Å². The second-order valence-electron chi connectivity index (χ2n) is 7.14. The molecule has 1 N–H and O–H groups in total. The van der Waals surface area contributed by atoms with Crippen LogP contribution in [0, 0.1) is 23.7 Å². The highest BCUT2D eigenvalue weighted by Gasteiger charge is 2.59. The lowest BCUT2D eigenvalue weighted by Gasteiger charge is -2.15. The van der Waals surface area contributed by atoms with Gasteiger partial charge in [0, 0.05) is 10.6 Å². The second-order valence-corrected chi connectivity index (χ2v) is 8.43. The Morgan fingerprint density at radius 2 is 1.93 bits per heavy atom. The maximum Gasteiger partial charge on any atom is 0.344 e. The Bertz CT molecular complexity index is 916. The minimum Gasteiger partial charge on any atom is -0.479 e. The Balaban J connectivity index is 1.62. The number of amides is 2. The van der Waals surface area contributed by atoms with Crippen molar-refractivity contribution in [1.82, 2.24) is 5.01 Å². The SMILES string of the molecule is C[C@H](Oc1c(Br)cc(Cl)cc1C=NN1C(=O)[C@@H]2[C@H](C1=O)[C@H]1C=C[C@H]2C1)C(=O)O. The summed E-state index contributed by atoms with van der Waals surface area (Å²) in [6.07, 6.45) is 5.05. The van der Waals surface area contributed by atoms with Gasteiger partial charge in [0.05, 0.1) is 22.5 Å². The molecule has 1 saturated carbocycles. The molecule has 2 amide bonds. The average Bonchev–Trinajstić information content (AvgIpc) is 3.30. The molecule has 4 rings (SSSR count). The Labute approximate surface area is 174 Å². The van der Waals surface area contributed by atoms with Crippen LogP contribution in [-0.2, 0) is 14.4 Å². The lowest BCUT2D eigenvalue weighted by atomic mass is 9.85. The van der Waals surface area contributed by atoms with Crippen LogP contribution in [0.3, 0.4) is 0 Å². The zero-order valence-electron chi connectivity index (χ0n) is 14.7. The number of hydrazone groups is 1. The number of rotatable bonds is 5. The van der Waals surface area contributed by atoms with Crippen molar-refractivity contribution in [2.45, 2.75) is 19.4 Å². The molecule has 0 radical (unpaired) electrons. The molecule has 1 aromatic rings. The third kappa shape index (κ3) is 3.04. The molecule has 7 nitrogen and oxygen atoms in total. The van der Waals surface area contributed by atoms with E-state index in [9.17, 15) is 14.4 Å².